The van der Waals surface area contributed by atoms with Gasteiger partial charge in [0.2, 0.25) is 0 Å². The summed E-state index contributed by atoms with van der Waals surface area (Å²) in [7, 11) is 0. The van der Waals surface area contributed by atoms with Crippen LogP contribution in [0.2, 0.25) is 0 Å². The zero-order valence-corrected chi connectivity index (χ0v) is 5.47. The molecule has 0 amide bonds. The van der Waals surface area contributed by atoms with Crippen LogP contribution in [0.25, 0.3) is 0 Å². The predicted octanol–water partition coefficient (Wildman–Crippen LogP) is 0.893. The highest BCUT2D eigenvalue weighted by molar-refractivity contribution is 5.58. The van der Waals surface area contributed by atoms with Crippen molar-refractivity contribution in [3.05, 3.63) is 19.4 Å². The summed E-state index contributed by atoms with van der Waals surface area (Å²) < 4.78 is 0. The van der Waals surface area contributed by atoms with Crippen molar-refractivity contribution in [2.75, 3.05) is 0 Å². The standard InChI is InChI=1S/C7H11NO/c1-3-4-5-6-8-7(2)9/h6H,1-5H2. The van der Waals surface area contributed by atoms with Gasteiger partial charge < -0.3 is 5.11 Å². The van der Waals surface area contributed by atoms with E-state index in [1.54, 1.807) is 6.21 Å². The molecule has 0 rings (SSSR count). The highest BCUT2D eigenvalue weighted by atomic mass is 16.3. The summed E-state index contributed by atoms with van der Waals surface area (Å²) in [6, 6.07) is 0. The first kappa shape index (κ1) is 8.08. The van der Waals surface area contributed by atoms with Crippen molar-refractivity contribution in [1.29, 1.82) is 0 Å². The molecular weight excluding hydrogens is 114 g/mol. The highest BCUT2D eigenvalue weighted by Crippen LogP contribution is 1.89. The Bertz CT molecular complexity index is 107. The Morgan fingerprint density at radius 1 is 1.78 bits per heavy atom. The molecule has 0 spiro atoms. The monoisotopic (exact) mass is 125 g/mol. The van der Waals surface area contributed by atoms with Crippen molar-refractivity contribution in [2.24, 2.45) is 4.99 Å². The van der Waals surface area contributed by atoms with E-state index in [1.807, 2.05) is 0 Å². The number of hydrogen-bond donors (Lipinski definition) is 0. The van der Waals surface area contributed by atoms with Gasteiger partial charge in [-0.15, -0.1) is 0 Å². The topological polar surface area (TPSA) is 35.4 Å². The molecule has 0 aromatic heterocycles. The molecule has 0 aromatic carbocycles. The van der Waals surface area contributed by atoms with Crippen LogP contribution in [0.4, 0.5) is 0 Å². The van der Waals surface area contributed by atoms with Gasteiger partial charge in [0.1, 0.15) is 0 Å². The van der Waals surface area contributed by atoms with Crippen LogP contribution < -0.4 is 5.11 Å². The third-order valence-electron chi connectivity index (χ3n) is 0.819. The normalized spacial score (nSPS) is 10.2. The van der Waals surface area contributed by atoms with Crippen LogP contribution in [-0.4, -0.2) is 6.21 Å². The molecule has 0 unspecified atom stereocenters. The quantitative estimate of drug-likeness (QED) is 0.238. The van der Waals surface area contributed by atoms with Crippen molar-refractivity contribution in [1.82, 2.24) is 0 Å². The van der Waals surface area contributed by atoms with Gasteiger partial charge in [0.25, 0.3) is 0 Å². The largest absolute Gasteiger partial charge is 0.859 e. The van der Waals surface area contributed by atoms with Crippen LogP contribution in [0.5, 0.6) is 0 Å². The Labute approximate surface area is 55.9 Å². The number of rotatable bonds is 4. The van der Waals surface area contributed by atoms with E-state index in [9.17, 15) is 5.11 Å². The van der Waals surface area contributed by atoms with Gasteiger partial charge in [0.05, 0.1) is 13.3 Å². The minimum atomic E-state index is -0.376. The maximum Gasteiger partial charge on any atom is 0.0854 e. The van der Waals surface area contributed by atoms with Gasteiger partial charge in [0.15, 0.2) is 0 Å². The molecule has 2 heteroatoms. The third kappa shape index (κ3) is 7.08. The maximum atomic E-state index is 10.1. The molecule has 0 aliphatic rings. The van der Waals surface area contributed by atoms with E-state index in [-0.39, 0.29) is 5.88 Å². The van der Waals surface area contributed by atoms with Crippen molar-refractivity contribution < 1.29 is 5.11 Å². The number of unbranched alkanes of at least 4 members (excludes halogenated alkanes) is 2. The summed E-state index contributed by atoms with van der Waals surface area (Å²) in [5, 5.41) is 10.1. The average molecular weight is 125 g/mol. The lowest BCUT2D eigenvalue weighted by Gasteiger charge is -1.97. The Morgan fingerprint density at radius 3 is 2.89 bits per heavy atom. The smallest absolute Gasteiger partial charge is 0.0854 e. The first-order valence-electron chi connectivity index (χ1n) is 2.95. The molecule has 0 aliphatic heterocycles. The third-order valence-corrected chi connectivity index (χ3v) is 0.819. The van der Waals surface area contributed by atoms with E-state index in [4.69, 9.17) is 0 Å². The Morgan fingerprint density at radius 2 is 2.44 bits per heavy atom. The first-order chi connectivity index (χ1) is 4.27. The maximum absolute atomic E-state index is 10.1. The number of hydrogen-bond acceptors (Lipinski definition) is 2. The molecule has 50 valence electrons. The van der Waals surface area contributed by atoms with Crippen molar-refractivity contribution in [2.45, 2.75) is 19.3 Å². The summed E-state index contributed by atoms with van der Waals surface area (Å²) in [6.07, 6.45) is 4.28. The Kier molecular flexibility index (Phi) is 4.69. The molecule has 0 saturated heterocycles. The average Bonchev–Trinajstić information content (AvgIpc) is 1.80. The summed E-state index contributed by atoms with van der Waals surface area (Å²) in [5.41, 5.74) is 0. The van der Waals surface area contributed by atoms with Gasteiger partial charge in [-0.05, 0) is 18.7 Å². The van der Waals surface area contributed by atoms with E-state index in [0.717, 1.165) is 19.3 Å². The van der Waals surface area contributed by atoms with Crippen LogP contribution in [-0.2, 0) is 0 Å². The van der Waals surface area contributed by atoms with E-state index in [2.05, 4.69) is 18.5 Å². The zero-order chi connectivity index (χ0) is 7.11. The van der Waals surface area contributed by atoms with E-state index in [1.165, 1.54) is 0 Å². The SMILES string of the molecule is C=C([O-])N=CCCC[CH2+]. The lowest BCUT2D eigenvalue weighted by molar-refractivity contribution is -0.302. The summed E-state index contributed by atoms with van der Waals surface area (Å²) in [6.45, 7) is 6.72. The molecule has 0 aliphatic carbocycles. The molecule has 9 heavy (non-hydrogen) atoms. The molecule has 0 N–H and O–H groups in total. The van der Waals surface area contributed by atoms with Crippen LogP contribution in [0.15, 0.2) is 17.5 Å². The van der Waals surface area contributed by atoms with Gasteiger partial charge in [-0.2, -0.15) is 0 Å². The molecular formula is C7H11NO. The molecule has 2 nitrogen and oxygen atoms in total. The predicted molar refractivity (Wildman–Crippen MR) is 36.8 cm³/mol. The van der Waals surface area contributed by atoms with Crippen LogP contribution in [0, 0.1) is 6.92 Å². The van der Waals surface area contributed by atoms with Crippen LogP contribution in [0.3, 0.4) is 0 Å². The van der Waals surface area contributed by atoms with Crippen molar-refractivity contribution >= 4 is 6.21 Å². The second-order valence-corrected chi connectivity index (χ2v) is 1.70. The highest BCUT2D eigenvalue weighted by Gasteiger charge is 1.80. The van der Waals surface area contributed by atoms with Gasteiger partial charge >= 0.3 is 0 Å². The summed E-state index contributed by atoms with van der Waals surface area (Å²) in [4.78, 5) is 3.46. The van der Waals surface area contributed by atoms with Crippen molar-refractivity contribution in [3.8, 4) is 0 Å². The zero-order valence-electron chi connectivity index (χ0n) is 5.47. The molecule has 0 bridgehead atoms. The van der Waals surface area contributed by atoms with Crippen LogP contribution >= 0.6 is 0 Å². The number of aliphatic imine (C=N–C) groups is 1. The molecule has 0 saturated carbocycles. The lowest BCUT2D eigenvalue weighted by Crippen LogP contribution is -1.97. The second kappa shape index (κ2) is 5.22. The second-order valence-electron chi connectivity index (χ2n) is 1.70. The fraction of sp³-hybridized carbons (Fsp3) is 0.429. The van der Waals surface area contributed by atoms with Crippen molar-refractivity contribution in [3.63, 3.8) is 0 Å². The fourth-order valence-corrected chi connectivity index (χ4v) is 0.402. The van der Waals surface area contributed by atoms with Crippen LogP contribution in [0.1, 0.15) is 19.3 Å². The van der Waals surface area contributed by atoms with E-state index < -0.39 is 0 Å². The van der Waals surface area contributed by atoms with Gasteiger partial charge in [-0.25, -0.2) is 0 Å². The number of nitrogens with zero attached hydrogens (tertiary/aromatic N) is 1. The van der Waals surface area contributed by atoms with E-state index in [0.29, 0.717) is 0 Å². The first-order valence-corrected chi connectivity index (χ1v) is 2.95. The van der Waals surface area contributed by atoms with Gasteiger partial charge in [-0.3, -0.25) is 4.99 Å². The fourth-order valence-electron chi connectivity index (χ4n) is 0.402. The minimum Gasteiger partial charge on any atom is -0.859 e. The Hall–Kier alpha value is -0.920. The molecule has 0 radical (unpaired) electrons. The van der Waals surface area contributed by atoms with Gasteiger partial charge in [0, 0.05) is 6.21 Å². The molecule has 0 atom stereocenters. The molecule has 0 fully saturated rings. The molecule has 0 aromatic rings. The Balaban J connectivity index is 3.15. The lowest BCUT2D eigenvalue weighted by atomic mass is 10.3. The molecule has 0 heterocycles. The van der Waals surface area contributed by atoms with Gasteiger partial charge in [-0.1, -0.05) is 6.58 Å². The van der Waals surface area contributed by atoms with E-state index >= 15 is 0 Å². The summed E-state index contributed by atoms with van der Waals surface area (Å²) >= 11 is 0. The minimum absolute atomic E-state index is 0.376. The summed E-state index contributed by atoms with van der Waals surface area (Å²) in [5.74, 6) is -0.376.